The Bertz CT molecular complexity index is 917. The van der Waals surface area contributed by atoms with Gasteiger partial charge in [0.15, 0.2) is 0 Å². The first-order valence-electron chi connectivity index (χ1n) is 7.16. The van der Waals surface area contributed by atoms with Crippen molar-refractivity contribution in [3.05, 3.63) is 66.0 Å². The lowest BCUT2D eigenvalue weighted by atomic mass is 10.0. The summed E-state index contributed by atoms with van der Waals surface area (Å²) in [6.45, 7) is 0. The lowest BCUT2D eigenvalue weighted by Gasteiger charge is -2.01. The number of hydrogen-bond donors (Lipinski definition) is 3. The molecule has 3 heteroatoms. The third-order valence-corrected chi connectivity index (χ3v) is 4.10. The van der Waals surface area contributed by atoms with E-state index in [4.69, 9.17) is 0 Å². The van der Waals surface area contributed by atoms with Crippen molar-refractivity contribution in [3.63, 3.8) is 0 Å². The molecule has 0 bridgehead atoms. The summed E-state index contributed by atoms with van der Waals surface area (Å²) >= 11 is 0. The number of H-pyrrole nitrogens is 2. The predicted molar refractivity (Wildman–Crippen MR) is 85.7 cm³/mol. The van der Waals surface area contributed by atoms with Crippen LogP contribution in [0, 0.1) is 0 Å². The van der Waals surface area contributed by atoms with Gasteiger partial charge in [0.05, 0.1) is 0 Å². The molecular weight excluding hydrogens is 260 g/mol. The van der Waals surface area contributed by atoms with Gasteiger partial charge in [-0.05, 0) is 42.2 Å². The van der Waals surface area contributed by atoms with Crippen molar-refractivity contribution in [1.29, 1.82) is 0 Å². The van der Waals surface area contributed by atoms with E-state index in [1.165, 1.54) is 16.5 Å². The molecule has 0 amide bonds. The Labute approximate surface area is 122 Å². The van der Waals surface area contributed by atoms with Gasteiger partial charge in [0.25, 0.3) is 0 Å². The maximum Gasteiger partial charge on any atom is 0.125 e. The normalized spacial score (nSPS) is 11.4. The summed E-state index contributed by atoms with van der Waals surface area (Å²) < 4.78 is 0. The average Bonchev–Trinajstić information content (AvgIpc) is 3.10. The smallest absolute Gasteiger partial charge is 0.125 e. The average molecular weight is 276 g/mol. The van der Waals surface area contributed by atoms with E-state index >= 15 is 0 Å². The van der Waals surface area contributed by atoms with Gasteiger partial charge in [-0.2, -0.15) is 0 Å². The van der Waals surface area contributed by atoms with Crippen LogP contribution < -0.4 is 0 Å². The maximum atomic E-state index is 10.0. The Kier molecular flexibility index (Phi) is 2.71. The topological polar surface area (TPSA) is 51.8 Å². The van der Waals surface area contributed by atoms with Crippen LogP contribution in [0.2, 0.25) is 0 Å². The van der Waals surface area contributed by atoms with Crippen molar-refractivity contribution in [2.75, 3.05) is 0 Å². The number of para-hydroxylation sites is 1. The molecule has 4 rings (SSSR count). The number of hydrogen-bond acceptors (Lipinski definition) is 1. The molecule has 0 saturated carbocycles. The van der Waals surface area contributed by atoms with Gasteiger partial charge in [0.1, 0.15) is 5.75 Å². The number of benzene rings is 2. The van der Waals surface area contributed by atoms with Crippen molar-refractivity contribution >= 4 is 21.8 Å². The summed E-state index contributed by atoms with van der Waals surface area (Å²) in [5.74, 6) is 0.350. The number of aromatic amines is 2. The number of aromatic nitrogens is 2. The second kappa shape index (κ2) is 4.70. The highest BCUT2D eigenvalue weighted by Crippen LogP contribution is 2.29. The number of phenolic OH excluding ortho intramolecular Hbond substituents is 1. The summed E-state index contributed by atoms with van der Waals surface area (Å²) in [6, 6.07) is 13.9. The van der Waals surface area contributed by atoms with Crippen LogP contribution in [0.1, 0.15) is 11.1 Å². The molecule has 0 fully saturated rings. The highest BCUT2D eigenvalue weighted by molar-refractivity contribution is 5.89. The lowest BCUT2D eigenvalue weighted by Crippen LogP contribution is -1.89. The zero-order valence-corrected chi connectivity index (χ0v) is 11.6. The lowest BCUT2D eigenvalue weighted by molar-refractivity contribution is 0.481. The molecule has 2 aromatic carbocycles. The SMILES string of the molecule is Oc1cccc2[nH]cc(CCc3c[nH]c4ccccc34)c12. The predicted octanol–water partition coefficient (Wildman–Crippen LogP) is 4.14. The molecule has 4 aromatic rings. The second-order valence-electron chi connectivity index (χ2n) is 5.37. The molecule has 0 atom stereocenters. The zero-order valence-electron chi connectivity index (χ0n) is 11.6. The first-order chi connectivity index (χ1) is 10.3. The second-order valence-corrected chi connectivity index (χ2v) is 5.37. The van der Waals surface area contributed by atoms with E-state index in [1.807, 2.05) is 24.4 Å². The Balaban J connectivity index is 1.67. The first-order valence-corrected chi connectivity index (χ1v) is 7.16. The van der Waals surface area contributed by atoms with Gasteiger partial charge < -0.3 is 15.1 Å². The van der Waals surface area contributed by atoms with Crippen molar-refractivity contribution < 1.29 is 5.11 Å². The van der Waals surface area contributed by atoms with E-state index in [2.05, 4.69) is 34.4 Å². The minimum atomic E-state index is 0.350. The van der Waals surface area contributed by atoms with E-state index in [9.17, 15) is 5.11 Å². The number of fused-ring (bicyclic) bond motifs is 2. The van der Waals surface area contributed by atoms with Crippen LogP contribution in [-0.2, 0) is 12.8 Å². The van der Waals surface area contributed by atoms with Crippen LogP contribution in [0.4, 0.5) is 0 Å². The summed E-state index contributed by atoms with van der Waals surface area (Å²) in [6.07, 6.45) is 5.93. The standard InChI is InChI=1S/C18H16N2O/c21-17-7-3-6-16-18(17)13(11-20-16)9-8-12-10-19-15-5-2-1-4-14(12)15/h1-7,10-11,19-21H,8-9H2. The fourth-order valence-electron chi connectivity index (χ4n) is 3.04. The summed E-state index contributed by atoms with van der Waals surface area (Å²) in [4.78, 5) is 6.54. The fraction of sp³-hybridized carbons (Fsp3) is 0.111. The molecule has 104 valence electrons. The van der Waals surface area contributed by atoms with Crippen molar-refractivity contribution in [3.8, 4) is 5.75 Å². The van der Waals surface area contributed by atoms with Crippen LogP contribution in [0.5, 0.6) is 5.75 Å². The first kappa shape index (κ1) is 12.1. The van der Waals surface area contributed by atoms with Gasteiger partial charge in [-0.25, -0.2) is 0 Å². The van der Waals surface area contributed by atoms with Gasteiger partial charge in [0, 0.05) is 34.2 Å². The van der Waals surface area contributed by atoms with E-state index in [1.54, 1.807) is 6.07 Å². The number of phenols is 1. The summed E-state index contributed by atoms with van der Waals surface area (Å²) in [5, 5.41) is 12.3. The fourth-order valence-corrected chi connectivity index (χ4v) is 3.04. The molecule has 0 aliphatic carbocycles. The van der Waals surface area contributed by atoms with Gasteiger partial charge in [-0.3, -0.25) is 0 Å². The van der Waals surface area contributed by atoms with Crippen molar-refractivity contribution in [2.45, 2.75) is 12.8 Å². The molecule has 0 unspecified atom stereocenters. The highest BCUT2D eigenvalue weighted by Gasteiger charge is 2.09. The molecule has 3 N–H and O–H groups in total. The number of aromatic hydroxyl groups is 1. The van der Waals surface area contributed by atoms with Gasteiger partial charge >= 0.3 is 0 Å². The maximum absolute atomic E-state index is 10.0. The number of aryl methyl sites for hydroxylation is 2. The van der Waals surface area contributed by atoms with Crippen LogP contribution in [-0.4, -0.2) is 15.1 Å². The van der Waals surface area contributed by atoms with Crippen molar-refractivity contribution in [1.82, 2.24) is 9.97 Å². The van der Waals surface area contributed by atoms with Gasteiger partial charge in [-0.1, -0.05) is 24.3 Å². The molecule has 21 heavy (non-hydrogen) atoms. The van der Waals surface area contributed by atoms with E-state index < -0.39 is 0 Å². The molecule has 2 aromatic heterocycles. The van der Waals surface area contributed by atoms with Gasteiger partial charge in [-0.15, -0.1) is 0 Å². The highest BCUT2D eigenvalue weighted by atomic mass is 16.3. The minimum absolute atomic E-state index is 0.350. The third kappa shape index (κ3) is 1.98. The number of rotatable bonds is 3. The van der Waals surface area contributed by atoms with E-state index in [0.717, 1.165) is 29.3 Å². The van der Waals surface area contributed by atoms with Crippen LogP contribution >= 0.6 is 0 Å². The third-order valence-electron chi connectivity index (χ3n) is 4.10. The van der Waals surface area contributed by atoms with E-state index in [-0.39, 0.29) is 0 Å². The van der Waals surface area contributed by atoms with Gasteiger partial charge in [0.2, 0.25) is 0 Å². The molecule has 0 radical (unpaired) electrons. The number of nitrogens with one attached hydrogen (secondary N) is 2. The Morgan fingerprint density at radius 1 is 0.762 bits per heavy atom. The molecule has 0 spiro atoms. The summed E-state index contributed by atoms with van der Waals surface area (Å²) in [7, 11) is 0. The molecule has 0 aliphatic rings. The van der Waals surface area contributed by atoms with Crippen molar-refractivity contribution in [2.24, 2.45) is 0 Å². The largest absolute Gasteiger partial charge is 0.507 e. The van der Waals surface area contributed by atoms with Crippen LogP contribution in [0.15, 0.2) is 54.9 Å². The van der Waals surface area contributed by atoms with Crippen LogP contribution in [0.25, 0.3) is 21.8 Å². The minimum Gasteiger partial charge on any atom is -0.507 e. The molecular formula is C18H16N2O. The quantitative estimate of drug-likeness (QED) is 0.517. The summed E-state index contributed by atoms with van der Waals surface area (Å²) in [5.41, 5.74) is 4.64. The Hall–Kier alpha value is -2.68. The molecule has 2 heterocycles. The Morgan fingerprint density at radius 3 is 2.43 bits per heavy atom. The monoisotopic (exact) mass is 276 g/mol. The Morgan fingerprint density at radius 2 is 1.48 bits per heavy atom. The zero-order chi connectivity index (χ0) is 14.2. The molecule has 3 nitrogen and oxygen atoms in total. The van der Waals surface area contributed by atoms with E-state index in [0.29, 0.717) is 5.75 Å². The molecule has 0 saturated heterocycles. The van der Waals surface area contributed by atoms with Crippen LogP contribution in [0.3, 0.4) is 0 Å². The molecule has 0 aliphatic heterocycles.